The lowest BCUT2D eigenvalue weighted by atomic mass is 9.71. The number of piperidine rings is 1. The summed E-state index contributed by atoms with van der Waals surface area (Å²) in [7, 11) is 1.53. The van der Waals surface area contributed by atoms with Crippen LogP contribution < -0.4 is 0 Å². The minimum absolute atomic E-state index is 0.0191. The molecular formula is C19H21NO6. The number of methoxy groups -OCH3 is 1. The normalized spacial score (nSPS) is 55.4. The van der Waals surface area contributed by atoms with E-state index in [1.54, 1.807) is 6.92 Å². The van der Waals surface area contributed by atoms with Crippen molar-refractivity contribution >= 4 is 12.3 Å². The van der Waals surface area contributed by atoms with E-state index in [1.807, 2.05) is 0 Å². The van der Waals surface area contributed by atoms with Gasteiger partial charge in [-0.25, -0.2) is 4.79 Å². The summed E-state index contributed by atoms with van der Waals surface area (Å²) in [4.78, 5) is 26.6. The van der Waals surface area contributed by atoms with E-state index >= 15 is 0 Å². The Bertz CT molecular complexity index is 832. The highest BCUT2D eigenvalue weighted by Gasteiger charge is 2.84. The first-order valence-corrected chi connectivity index (χ1v) is 9.31. The van der Waals surface area contributed by atoms with Gasteiger partial charge < -0.3 is 23.7 Å². The van der Waals surface area contributed by atoms with Crippen molar-refractivity contribution in [1.29, 1.82) is 0 Å². The van der Waals surface area contributed by atoms with Gasteiger partial charge >= 0.3 is 5.97 Å². The van der Waals surface area contributed by atoms with Gasteiger partial charge in [0.15, 0.2) is 5.76 Å². The van der Waals surface area contributed by atoms with Gasteiger partial charge in [0.2, 0.25) is 11.5 Å². The Balaban J connectivity index is 1.52. The third-order valence-electron chi connectivity index (χ3n) is 7.66. The summed E-state index contributed by atoms with van der Waals surface area (Å²) in [6.07, 6.45) is 2.75. The number of esters is 1. The molecule has 7 heteroatoms. The van der Waals surface area contributed by atoms with Crippen LogP contribution in [-0.2, 0) is 28.5 Å². The number of cyclic esters (lactones) is 1. The average molecular weight is 359 g/mol. The monoisotopic (exact) mass is 359 g/mol. The SMILES string of the molecule is COC1=C(C)C(=O)O/C1=C1\O[C@@]23O[C@@H]4C[C@@H]([C@H]2[C@@H]1C)N1CC[C@H]3[C@@]41C=O. The molecule has 0 aromatic rings. The Morgan fingerprint density at radius 2 is 2.19 bits per heavy atom. The van der Waals surface area contributed by atoms with Crippen LogP contribution in [0.4, 0.5) is 0 Å². The van der Waals surface area contributed by atoms with E-state index in [-0.39, 0.29) is 29.9 Å². The summed E-state index contributed by atoms with van der Waals surface area (Å²) < 4.78 is 23.9. The molecule has 8 atom stereocenters. The molecule has 6 aliphatic rings. The molecule has 6 rings (SSSR count). The van der Waals surface area contributed by atoms with Crippen LogP contribution in [-0.4, -0.2) is 54.3 Å². The molecule has 6 aliphatic heterocycles. The average Bonchev–Trinajstić information content (AvgIpc) is 3.33. The largest absolute Gasteiger partial charge is 0.492 e. The van der Waals surface area contributed by atoms with Crippen molar-refractivity contribution in [2.24, 2.45) is 17.8 Å². The molecule has 26 heavy (non-hydrogen) atoms. The van der Waals surface area contributed by atoms with Gasteiger partial charge in [0.1, 0.15) is 17.6 Å². The maximum Gasteiger partial charge on any atom is 0.343 e. The quantitative estimate of drug-likeness (QED) is 0.540. The van der Waals surface area contributed by atoms with Crippen LogP contribution >= 0.6 is 0 Å². The van der Waals surface area contributed by atoms with E-state index in [2.05, 4.69) is 11.8 Å². The van der Waals surface area contributed by atoms with E-state index < -0.39 is 17.3 Å². The molecule has 1 spiro atoms. The molecule has 5 fully saturated rings. The second kappa shape index (κ2) is 4.34. The fourth-order valence-electron chi connectivity index (χ4n) is 6.82. The number of hydrogen-bond acceptors (Lipinski definition) is 7. The fourth-order valence-corrected chi connectivity index (χ4v) is 6.82. The number of aldehydes is 1. The van der Waals surface area contributed by atoms with Gasteiger partial charge in [0.25, 0.3) is 0 Å². The van der Waals surface area contributed by atoms with Gasteiger partial charge in [-0.1, -0.05) is 6.92 Å². The summed E-state index contributed by atoms with van der Waals surface area (Å²) in [6.45, 7) is 4.71. The lowest BCUT2D eigenvalue weighted by Crippen LogP contribution is -2.61. The molecule has 5 saturated heterocycles. The van der Waals surface area contributed by atoms with Crippen LogP contribution in [0.1, 0.15) is 26.7 Å². The Morgan fingerprint density at radius 1 is 1.38 bits per heavy atom. The van der Waals surface area contributed by atoms with Crippen LogP contribution in [0, 0.1) is 17.8 Å². The number of hydrogen-bond donors (Lipinski definition) is 0. The zero-order chi connectivity index (χ0) is 18.0. The van der Waals surface area contributed by atoms with Crippen LogP contribution in [0.5, 0.6) is 0 Å². The van der Waals surface area contributed by atoms with E-state index in [4.69, 9.17) is 18.9 Å². The summed E-state index contributed by atoms with van der Waals surface area (Å²) in [5.41, 5.74) is -0.0919. The number of rotatable bonds is 2. The number of carbonyl (C=O) groups excluding carboxylic acids is 2. The Labute approximate surface area is 150 Å². The second-order valence-electron chi connectivity index (χ2n) is 8.33. The highest BCUT2D eigenvalue weighted by Crippen LogP contribution is 2.71. The molecule has 5 bridgehead atoms. The fraction of sp³-hybridized carbons (Fsp3) is 0.684. The number of ether oxygens (including phenoxy) is 4. The van der Waals surface area contributed by atoms with Crippen molar-refractivity contribution in [2.75, 3.05) is 13.7 Å². The van der Waals surface area contributed by atoms with Crippen molar-refractivity contribution in [3.63, 3.8) is 0 Å². The minimum atomic E-state index is -0.787. The molecule has 1 unspecified atom stereocenters. The molecule has 138 valence electrons. The zero-order valence-corrected chi connectivity index (χ0v) is 15.0. The number of allylic oxidation sites excluding steroid dienone is 1. The first-order chi connectivity index (χ1) is 12.5. The van der Waals surface area contributed by atoms with Crippen molar-refractivity contribution in [3.05, 3.63) is 22.9 Å². The molecule has 0 radical (unpaired) electrons. The molecule has 0 amide bonds. The second-order valence-corrected chi connectivity index (χ2v) is 8.33. The smallest absolute Gasteiger partial charge is 0.343 e. The number of fused-ring (bicyclic) bond motifs is 1. The summed E-state index contributed by atoms with van der Waals surface area (Å²) in [5, 5.41) is 0. The molecule has 0 aromatic carbocycles. The van der Waals surface area contributed by atoms with Crippen molar-refractivity contribution in [3.8, 4) is 0 Å². The standard InChI is InChI=1S/C19H21NO6/c1-8-13-10-6-12-18(7-21)11(4-5-20(10)18)19(13,25-12)26-15(8)16-14(23-3)9(2)17(22)24-16/h7-8,10-13H,4-6H2,1-3H3/b16-15-/t8-,10-,11-,12+,13+,18-,19+/m0/s1. The predicted molar refractivity (Wildman–Crippen MR) is 86.2 cm³/mol. The highest BCUT2D eigenvalue weighted by molar-refractivity contribution is 5.93. The molecular weight excluding hydrogens is 338 g/mol. The lowest BCUT2D eigenvalue weighted by Gasteiger charge is -2.46. The number of carbonyl (C=O) groups is 2. The van der Waals surface area contributed by atoms with Crippen molar-refractivity contribution in [1.82, 2.24) is 4.90 Å². The van der Waals surface area contributed by atoms with Gasteiger partial charge in [-0.15, -0.1) is 0 Å². The van der Waals surface area contributed by atoms with Crippen LogP contribution in [0.25, 0.3) is 0 Å². The Kier molecular flexibility index (Phi) is 2.54. The minimum Gasteiger partial charge on any atom is -0.492 e. The van der Waals surface area contributed by atoms with Crippen LogP contribution in [0.3, 0.4) is 0 Å². The first kappa shape index (κ1) is 15.2. The molecule has 6 heterocycles. The Hall–Kier alpha value is -1.86. The molecule has 0 saturated carbocycles. The van der Waals surface area contributed by atoms with Gasteiger partial charge in [0, 0.05) is 18.5 Å². The maximum absolute atomic E-state index is 12.1. The molecule has 0 aromatic heterocycles. The lowest BCUT2D eigenvalue weighted by molar-refractivity contribution is -0.255. The van der Waals surface area contributed by atoms with Gasteiger partial charge in [-0.05, 0) is 19.8 Å². The van der Waals surface area contributed by atoms with E-state index in [0.29, 0.717) is 22.9 Å². The van der Waals surface area contributed by atoms with Crippen molar-refractivity contribution < 1.29 is 28.5 Å². The topological polar surface area (TPSA) is 74.3 Å². The first-order valence-electron chi connectivity index (χ1n) is 9.31. The predicted octanol–water partition coefficient (Wildman–Crippen LogP) is 1.10. The van der Waals surface area contributed by atoms with Crippen molar-refractivity contribution in [2.45, 2.75) is 50.2 Å². The third-order valence-corrected chi connectivity index (χ3v) is 7.66. The molecule has 0 N–H and O–H groups in total. The Morgan fingerprint density at radius 3 is 2.92 bits per heavy atom. The summed E-state index contributed by atoms with van der Waals surface area (Å²) >= 11 is 0. The van der Waals surface area contributed by atoms with Crippen LogP contribution in [0.15, 0.2) is 22.9 Å². The van der Waals surface area contributed by atoms with Gasteiger partial charge in [-0.3, -0.25) is 4.90 Å². The summed E-state index contributed by atoms with van der Waals surface area (Å²) in [6, 6.07) is 0.263. The van der Waals surface area contributed by atoms with Crippen LogP contribution in [0.2, 0.25) is 0 Å². The third kappa shape index (κ3) is 1.27. The van der Waals surface area contributed by atoms with Gasteiger partial charge in [0.05, 0.1) is 30.6 Å². The number of nitrogens with zero attached hydrogens (tertiary/aromatic N) is 1. The molecule has 0 aliphatic carbocycles. The molecule has 7 nitrogen and oxygen atoms in total. The van der Waals surface area contributed by atoms with Gasteiger partial charge in [-0.2, -0.15) is 0 Å². The van der Waals surface area contributed by atoms with E-state index in [1.165, 1.54) is 7.11 Å². The van der Waals surface area contributed by atoms with E-state index in [9.17, 15) is 9.59 Å². The van der Waals surface area contributed by atoms with E-state index in [0.717, 1.165) is 25.7 Å². The maximum atomic E-state index is 12.1. The summed E-state index contributed by atoms with van der Waals surface area (Å²) in [5.74, 6) is 0.411. The zero-order valence-electron chi connectivity index (χ0n) is 15.0. The highest BCUT2D eigenvalue weighted by atomic mass is 16.7.